The molecule has 0 fully saturated rings. The summed E-state index contributed by atoms with van der Waals surface area (Å²) in [5.41, 5.74) is 0. The Balaban J connectivity index is 3.38. The van der Waals surface area contributed by atoms with Crippen LogP contribution in [0.2, 0.25) is 0 Å². The van der Waals surface area contributed by atoms with Crippen LogP contribution in [0.4, 0.5) is 5.95 Å². The van der Waals surface area contributed by atoms with Crippen LogP contribution < -0.4 is 4.90 Å². The highest BCUT2D eigenvalue weighted by atomic mass is 16.5. The molecule has 156 valence electrons. The lowest BCUT2D eigenvalue weighted by atomic mass is 10.1. The summed E-state index contributed by atoms with van der Waals surface area (Å²) in [6.45, 7) is 2.23. The summed E-state index contributed by atoms with van der Waals surface area (Å²) < 4.78 is 31.7. The molecule has 0 saturated carbocycles. The first-order valence-corrected chi connectivity index (χ1v) is 8.59. The Hall–Kier alpha value is -1.43. The minimum absolute atomic E-state index is 0.141. The molecule has 0 atom stereocenters. The second kappa shape index (κ2) is 13.7. The molecule has 0 saturated heterocycles. The SMILES string of the molecule is COCC(COC)c1nc(C(COC)COC)nc(N(COC)COC)n1. The van der Waals surface area contributed by atoms with Gasteiger partial charge in [0.05, 0.1) is 38.3 Å². The highest BCUT2D eigenvalue weighted by molar-refractivity contribution is 5.30. The first-order chi connectivity index (χ1) is 13.1. The molecule has 27 heavy (non-hydrogen) atoms. The molecule has 0 aliphatic rings. The molecule has 1 heterocycles. The van der Waals surface area contributed by atoms with E-state index in [1.54, 1.807) is 47.6 Å². The Kier molecular flexibility index (Phi) is 12.0. The normalized spacial score (nSPS) is 11.6. The maximum atomic E-state index is 5.31. The minimum atomic E-state index is -0.141. The molecule has 0 aliphatic heterocycles. The van der Waals surface area contributed by atoms with Crippen molar-refractivity contribution in [1.82, 2.24) is 15.0 Å². The Labute approximate surface area is 161 Å². The third-order valence-electron chi connectivity index (χ3n) is 3.71. The molecular formula is C17H32N4O6. The maximum absolute atomic E-state index is 5.31. The predicted molar refractivity (Wildman–Crippen MR) is 99.0 cm³/mol. The molecule has 10 nitrogen and oxygen atoms in total. The van der Waals surface area contributed by atoms with E-state index < -0.39 is 0 Å². The monoisotopic (exact) mass is 388 g/mol. The van der Waals surface area contributed by atoms with Gasteiger partial charge >= 0.3 is 0 Å². The van der Waals surface area contributed by atoms with Gasteiger partial charge in [-0.3, -0.25) is 4.90 Å². The summed E-state index contributed by atoms with van der Waals surface area (Å²) in [5.74, 6) is 1.32. The topological polar surface area (TPSA) is 97.3 Å². The maximum Gasteiger partial charge on any atom is 0.232 e. The summed E-state index contributed by atoms with van der Waals surface area (Å²) in [6, 6.07) is 0. The molecule has 0 unspecified atom stereocenters. The number of ether oxygens (including phenoxy) is 6. The van der Waals surface area contributed by atoms with E-state index >= 15 is 0 Å². The predicted octanol–water partition coefficient (Wildman–Crippen LogP) is 0.639. The lowest BCUT2D eigenvalue weighted by Crippen LogP contribution is -2.32. The quantitative estimate of drug-likeness (QED) is 0.398. The summed E-state index contributed by atoms with van der Waals surface area (Å²) in [4.78, 5) is 15.7. The Bertz CT molecular complexity index is 420. The average molecular weight is 388 g/mol. The van der Waals surface area contributed by atoms with Crippen molar-refractivity contribution in [3.05, 3.63) is 11.6 Å². The molecule has 0 spiro atoms. The van der Waals surface area contributed by atoms with Gasteiger partial charge in [-0.15, -0.1) is 0 Å². The van der Waals surface area contributed by atoms with Crippen molar-refractivity contribution >= 4 is 5.95 Å². The van der Waals surface area contributed by atoms with Crippen LogP contribution in [0.15, 0.2) is 0 Å². The largest absolute Gasteiger partial charge is 0.384 e. The van der Waals surface area contributed by atoms with Crippen molar-refractivity contribution in [3.63, 3.8) is 0 Å². The fourth-order valence-electron chi connectivity index (χ4n) is 2.57. The Morgan fingerprint density at radius 3 is 1.26 bits per heavy atom. The van der Waals surface area contributed by atoms with Crippen LogP contribution in [0.25, 0.3) is 0 Å². The second-order valence-electron chi connectivity index (χ2n) is 5.94. The van der Waals surface area contributed by atoms with Crippen LogP contribution in [0.3, 0.4) is 0 Å². The van der Waals surface area contributed by atoms with Gasteiger partial charge in [-0.1, -0.05) is 0 Å². The Morgan fingerprint density at radius 2 is 0.963 bits per heavy atom. The molecule has 1 aromatic rings. The smallest absolute Gasteiger partial charge is 0.232 e. The molecule has 10 heteroatoms. The molecule has 0 bridgehead atoms. The van der Waals surface area contributed by atoms with E-state index in [0.717, 1.165) is 0 Å². The summed E-state index contributed by atoms with van der Waals surface area (Å²) >= 11 is 0. The minimum Gasteiger partial charge on any atom is -0.384 e. The zero-order chi connectivity index (χ0) is 20.1. The van der Waals surface area contributed by atoms with E-state index in [0.29, 0.717) is 44.0 Å². The average Bonchev–Trinajstić information content (AvgIpc) is 2.67. The van der Waals surface area contributed by atoms with Gasteiger partial charge in [0.2, 0.25) is 5.95 Å². The first kappa shape index (κ1) is 23.6. The number of rotatable bonds is 15. The van der Waals surface area contributed by atoms with Gasteiger partial charge in [0.25, 0.3) is 0 Å². The third-order valence-corrected chi connectivity index (χ3v) is 3.71. The zero-order valence-corrected chi connectivity index (χ0v) is 17.1. The molecular weight excluding hydrogens is 356 g/mol. The van der Waals surface area contributed by atoms with Crippen molar-refractivity contribution in [2.45, 2.75) is 11.8 Å². The molecule has 0 amide bonds. The van der Waals surface area contributed by atoms with Crippen LogP contribution in [-0.4, -0.2) is 97.5 Å². The van der Waals surface area contributed by atoms with Gasteiger partial charge in [0.1, 0.15) is 25.1 Å². The Morgan fingerprint density at radius 1 is 0.593 bits per heavy atom. The summed E-state index contributed by atoms with van der Waals surface area (Å²) in [6.07, 6.45) is 0. The standard InChI is InChI=1S/C17H32N4O6/c1-22-7-13(8-23-2)15-18-16(14(9-24-3)10-25-4)20-17(19-15)21(11-26-5)12-27-6/h13-14H,7-12H2,1-6H3. The van der Waals surface area contributed by atoms with E-state index in [-0.39, 0.29) is 25.3 Å². The summed E-state index contributed by atoms with van der Waals surface area (Å²) in [5, 5.41) is 0. The van der Waals surface area contributed by atoms with Crippen LogP contribution >= 0.6 is 0 Å². The van der Waals surface area contributed by atoms with E-state index in [4.69, 9.17) is 28.4 Å². The lowest BCUT2D eigenvalue weighted by Gasteiger charge is -2.24. The van der Waals surface area contributed by atoms with Crippen molar-refractivity contribution in [2.75, 3.05) is 87.4 Å². The number of hydrogen-bond acceptors (Lipinski definition) is 10. The molecule has 0 N–H and O–H groups in total. The van der Waals surface area contributed by atoms with Crippen molar-refractivity contribution in [2.24, 2.45) is 0 Å². The molecule has 0 aliphatic carbocycles. The highest BCUT2D eigenvalue weighted by Crippen LogP contribution is 2.21. The highest BCUT2D eigenvalue weighted by Gasteiger charge is 2.24. The second-order valence-corrected chi connectivity index (χ2v) is 5.94. The number of hydrogen-bond donors (Lipinski definition) is 0. The van der Waals surface area contributed by atoms with Crippen molar-refractivity contribution in [1.29, 1.82) is 0 Å². The van der Waals surface area contributed by atoms with Crippen LogP contribution in [0.1, 0.15) is 23.5 Å². The van der Waals surface area contributed by atoms with Crippen molar-refractivity contribution < 1.29 is 28.4 Å². The number of anilines is 1. The number of methoxy groups -OCH3 is 6. The fourth-order valence-corrected chi connectivity index (χ4v) is 2.57. The third kappa shape index (κ3) is 7.60. The van der Waals surface area contributed by atoms with Gasteiger partial charge < -0.3 is 28.4 Å². The summed E-state index contributed by atoms with van der Waals surface area (Å²) in [7, 11) is 9.73. The first-order valence-electron chi connectivity index (χ1n) is 8.59. The fraction of sp³-hybridized carbons (Fsp3) is 0.824. The van der Waals surface area contributed by atoms with Crippen LogP contribution in [0, 0.1) is 0 Å². The molecule has 0 aromatic carbocycles. The van der Waals surface area contributed by atoms with Gasteiger partial charge in [0, 0.05) is 42.7 Å². The lowest BCUT2D eigenvalue weighted by molar-refractivity contribution is 0.108. The number of nitrogens with zero attached hydrogens (tertiary/aromatic N) is 4. The van der Waals surface area contributed by atoms with E-state index in [2.05, 4.69) is 15.0 Å². The van der Waals surface area contributed by atoms with E-state index in [1.165, 1.54) is 0 Å². The molecule has 1 rings (SSSR count). The van der Waals surface area contributed by atoms with Crippen LogP contribution in [-0.2, 0) is 28.4 Å². The van der Waals surface area contributed by atoms with Crippen molar-refractivity contribution in [3.8, 4) is 0 Å². The van der Waals surface area contributed by atoms with Gasteiger partial charge in [-0.2, -0.15) is 9.97 Å². The van der Waals surface area contributed by atoms with Gasteiger partial charge in [0.15, 0.2) is 0 Å². The van der Waals surface area contributed by atoms with E-state index in [9.17, 15) is 0 Å². The van der Waals surface area contributed by atoms with E-state index in [1.807, 2.05) is 0 Å². The number of aromatic nitrogens is 3. The van der Waals surface area contributed by atoms with Gasteiger partial charge in [-0.25, -0.2) is 4.98 Å². The zero-order valence-electron chi connectivity index (χ0n) is 17.1. The molecule has 0 radical (unpaired) electrons. The van der Waals surface area contributed by atoms with Crippen LogP contribution in [0.5, 0.6) is 0 Å². The molecule has 1 aromatic heterocycles. The van der Waals surface area contributed by atoms with Gasteiger partial charge in [-0.05, 0) is 0 Å².